The van der Waals surface area contributed by atoms with Crippen LogP contribution in [0.4, 0.5) is 21.0 Å². The number of carbonyl (C=O) groups is 2. The quantitative estimate of drug-likeness (QED) is 0.653. The van der Waals surface area contributed by atoms with Crippen molar-refractivity contribution in [2.75, 3.05) is 44.6 Å². The van der Waals surface area contributed by atoms with Crippen molar-refractivity contribution in [2.45, 2.75) is 12.8 Å². The molecule has 2 saturated heterocycles. The van der Waals surface area contributed by atoms with Gasteiger partial charge in [-0.05, 0) is 18.9 Å². The van der Waals surface area contributed by atoms with E-state index in [0.717, 1.165) is 25.9 Å². The Labute approximate surface area is 145 Å². The standard InChI is InChI=1S/C16H21N5O4/c22-15(17-13-4-3-5-14(12-13)21(24)25)18-8-10-20(11-9-18)16(23)19-6-1-2-7-19/h3-5,12H,1-2,6-11H2,(H,17,22). The van der Waals surface area contributed by atoms with E-state index in [0.29, 0.717) is 31.9 Å². The number of nitro benzene ring substituents is 1. The maximum absolute atomic E-state index is 12.3. The Morgan fingerprint density at radius 2 is 1.56 bits per heavy atom. The van der Waals surface area contributed by atoms with Crippen molar-refractivity contribution in [3.8, 4) is 0 Å². The third kappa shape index (κ3) is 3.98. The van der Waals surface area contributed by atoms with Gasteiger partial charge in [-0.3, -0.25) is 10.1 Å². The van der Waals surface area contributed by atoms with Gasteiger partial charge in [0.15, 0.2) is 0 Å². The van der Waals surface area contributed by atoms with E-state index in [4.69, 9.17) is 0 Å². The van der Waals surface area contributed by atoms with Crippen molar-refractivity contribution in [2.24, 2.45) is 0 Å². The third-order valence-corrected chi connectivity index (χ3v) is 4.52. The summed E-state index contributed by atoms with van der Waals surface area (Å²) in [7, 11) is 0. The first kappa shape index (κ1) is 17.0. The fourth-order valence-electron chi connectivity index (χ4n) is 3.11. The molecule has 1 aromatic carbocycles. The van der Waals surface area contributed by atoms with Crippen molar-refractivity contribution in [3.05, 3.63) is 34.4 Å². The third-order valence-electron chi connectivity index (χ3n) is 4.52. The van der Waals surface area contributed by atoms with Crippen LogP contribution >= 0.6 is 0 Å². The Morgan fingerprint density at radius 3 is 2.20 bits per heavy atom. The van der Waals surface area contributed by atoms with Gasteiger partial charge in [-0.25, -0.2) is 9.59 Å². The molecule has 2 aliphatic rings. The molecule has 134 valence electrons. The minimum Gasteiger partial charge on any atom is -0.325 e. The Kier molecular flexibility index (Phi) is 5.01. The number of hydrogen-bond donors (Lipinski definition) is 1. The maximum atomic E-state index is 12.3. The predicted octanol–water partition coefficient (Wildman–Crippen LogP) is 1.96. The molecule has 2 aliphatic heterocycles. The summed E-state index contributed by atoms with van der Waals surface area (Å²) in [6.07, 6.45) is 2.11. The fourth-order valence-corrected chi connectivity index (χ4v) is 3.11. The van der Waals surface area contributed by atoms with Crippen LogP contribution in [0.25, 0.3) is 0 Å². The summed E-state index contributed by atoms with van der Waals surface area (Å²) in [6.45, 7) is 3.51. The fraction of sp³-hybridized carbons (Fsp3) is 0.500. The molecule has 2 fully saturated rings. The molecule has 1 aromatic rings. The van der Waals surface area contributed by atoms with Crippen molar-refractivity contribution in [3.63, 3.8) is 0 Å². The van der Waals surface area contributed by atoms with Crippen LogP contribution in [0, 0.1) is 10.1 Å². The zero-order chi connectivity index (χ0) is 17.8. The van der Waals surface area contributed by atoms with E-state index >= 15 is 0 Å². The van der Waals surface area contributed by atoms with Gasteiger partial charge in [-0.2, -0.15) is 0 Å². The maximum Gasteiger partial charge on any atom is 0.321 e. The normalized spacial score (nSPS) is 17.5. The van der Waals surface area contributed by atoms with Crippen LogP contribution < -0.4 is 5.32 Å². The Balaban J connectivity index is 1.52. The molecule has 0 unspecified atom stereocenters. The summed E-state index contributed by atoms with van der Waals surface area (Å²) in [4.78, 5) is 40.2. The van der Waals surface area contributed by atoms with Gasteiger partial charge in [0.05, 0.1) is 4.92 Å². The molecule has 2 heterocycles. The number of carbonyl (C=O) groups excluding carboxylic acids is 2. The lowest BCUT2D eigenvalue weighted by molar-refractivity contribution is -0.384. The SMILES string of the molecule is O=C(Nc1cccc([N+](=O)[O-])c1)N1CCN(C(=O)N2CCCC2)CC1. The molecule has 3 rings (SSSR count). The number of urea groups is 2. The minimum absolute atomic E-state index is 0.0521. The molecule has 0 radical (unpaired) electrons. The number of anilines is 1. The van der Waals surface area contributed by atoms with Crippen LogP contribution in [0.3, 0.4) is 0 Å². The summed E-state index contributed by atoms with van der Waals surface area (Å²) in [5, 5.41) is 13.5. The number of amides is 4. The highest BCUT2D eigenvalue weighted by atomic mass is 16.6. The second kappa shape index (κ2) is 7.37. The molecule has 4 amide bonds. The molecule has 0 atom stereocenters. The van der Waals surface area contributed by atoms with Crippen molar-refractivity contribution >= 4 is 23.4 Å². The van der Waals surface area contributed by atoms with E-state index in [2.05, 4.69) is 5.32 Å². The van der Waals surface area contributed by atoms with E-state index in [9.17, 15) is 19.7 Å². The zero-order valence-electron chi connectivity index (χ0n) is 13.9. The second-order valence-corrected chi connectivity index (χ2v) is 6.19. The van der Waals surface area contributed by atoms with E-state index in [1.54, 1.807) is 15.9 Å². The number of likely N-dealkylation sites (tertiary alicyclic amines) is 1. The number of benzene rings is 1. The average molecular weight is 347 g/mol. The van der Waals surface area contributed by atoms with Gasteiger partial charge < -0.3 is 20.0 Å². The molecule has 0 aromatic heterocycles. The van der Waals surface area contributed by atoms with Gasteiger partial charge in [0.2, 0.25) is 0 Å². The molecule has 0 bridgehead atoms. The van der Waals surface area contributed by atoms with Crippen molar-refractivity contribution < 1.29 is 14.5 Å². The largest absolute Gasteiger partial charge is 0.325 e. The lowest BCUT2D eigenvalue weighted by atomic mass is 10.3. The summed E-state index contributed by atoms with van der Waals surface area (Å²) >= 11 is 0. The van der Waals surface area contributed by atoms with Crippen LogP contribution in [-0.4, -0.2) is 71.0 Å². The molecule has 9 heteroatoms. The van der Waals surface area contributed by atoms with E-state index in [1.165, 1.54) is 18.2 Å². The Morgan fingerprint density at radius 1 is 0.960 bits per heavy atom. The highest BCUT2D eigenvalue weighted by Crippen LogP contribution is 2.18. The summed E-state index contributed by atoms with van der Waals surface area (Å²) < 4.78 is 0. The minimum atomic E-state index is -0.502. The zero-order valence-corrected chi connectivity index (χ0v) is 13.9. The number of non-ortho nitro benzene ring substituents is 1. The number of piperazine rings is 1. The number of nitro groups is 1. The highest BCUT2D eigenvalue weighted by Gasteiger charge is 2.28. The molecule has 1 N–H and O–H groups in total. The van der Waals surface area contributed by atoms with E-state index < -0.39 is 4.92 Å². The molecular formula is C16H21N5O4. The highest BCUT2D eigenvalue weighted by molar-refractivity contribution is 5.90. The second-order valence-electron chi connectivity index (χ2n) is 6.19. The molecule has 0 spiro atoms. The Bertz CT molecular complexity index is 666. The summed E-state index contributed by atoms with van der Waals surface area (Å²) in [6, 6.07) is 5.58. The number of hydrogen-bond acceptors (Lipinski definition) is 4. The van der Waals surface area contributed by atoms with Crippen molar-refractivity contribution in [1.82, 2.24) is 14.7 Å². The van der Waals surface area contributed by atoms with Crippen LogP contribution in [-0.2, 0) is 0 Å². The first-order valence-corrected chi connectivity index (χ1v) is 8.39. The lowest BCUT2D eigenvalue weighted by Crippen LogP contribution is -2.54. The van der Waals surface area contributed by atoms with Crippen LogP contribution in [0.5, 0.6) is 0 Å². The van der Waals surface area contributed by atoms with Gasteiger partial charge in [0, 0.05) is 57.1 Å². The van der Waals surface area contributed by atoms with Crippen LogP contribution in [0.1, 0.15) is 12.8 Å². The lowest BCUT2D eigenvalue weighted by Gasteiger charge is -2.36. The van der Waals surface area contributed by atoms with Gasteiger partial charge >= 0.3 is 12.1 Å². The van der Waals surface area contributed by atoms with Gasteiger partial charge in [0.25, 0.3) is 5.69 Å². The van der Waals surface area contributed by atoms with Crippen LogP contribution in [0.2, 0.25) is 0 Å². The van der Waals surface area contributed by atoms with E-state index in [1.807, 2.05) is 4.90 Å². The molecular weight excluding hydrogens is 326 g/mol. The van der Waals surface area contributed by atoms with Crippen LogP contribution in [0.15, 0.2) is 24.3 Å². The molecule has 0 saturated carbocycles. The first-order chi connectivity index (χ1) is 12.0. The summed E-state index contributed by atoms with van der Waals surface area (Å²) in [5.41, 5.74) is 0.314. The Hall–Kier alpha value is -2.84. The van der Waals surface area contributed by atoms with E-state index in [-0.39, 0.29) is 17.7 Å². The van der Waals surface area contributed by atoms with Gasteiger partial charge in [-0.1, -0.05) is 6.07 Å². The average Bonchev–Trinajstić information content (AvgIpc) is 3.16. The monoisotopic (exact) mass is 347 g/mol. The van der Waals surface area contributed by atoms with Crippen molar-refractivity contribution in [1.29, 1.82) is 0 Å². The number of nitrogens with zero attached hydrogens (tertiary/aromatic N) is 4. The smallest absolute Gasteiger partial charge is 0.321 e. The molecule has 0 aliphatic carbocycles. The molecule has 25 heavy (non-hydrogen) atoms. The number of nitrogens with one attached hydrogen (secondary N) is 1. The van der Waals surface area contributed by atoms with Gasteiger partial charge in [-0.15, -0.1) is 0 Å². The first-order valence-electron chi connectivity index (χ1n) is 8.39. The predicted molar refractivity (Wildman–Crippen MR) is 91.5 cm³/mol. The number of rotatable bonds is 2. The topological polar surface area (TPSA) is 99.0 Å². The summed E-state index contributed by atoms with van der Waals surface area (Å²) in [5.74, 6) is 0. The van der Waals surface area contributed by atoms with Gasteiger partial charge in [0.1, 0.15) is 0 Å². The molecule has 9 nitrogen and oxygen atoms in total.